The predicted octanol–water partition coefficient (Wildman–Crippen LogP) is 3.77. The SMILES string of the molecule is NC(=NC1CC2OCCCC12)Nc1cccc(Oc2ccccc2)c1. The number of benzene rings is 2. The molecule has 0 amide bonds. The van der Waals surface area contributed by atoms with E-state index in [0.29, 0.717) is 18.0 Å². The van der Waals surface area contributed by atoms with E-state index >= 15 is 0 Å². The van der Waals surface area contributed by atoms with Gasteiger partial charge in [0, 0.05) is 24.3 Å². The van der Waals surface area contributed by atoms with Gasteiger partial charge in [-0.15, -0.1) is 0 Å². The van der Waals surface area contributed by atoms with E-state index in [-0.39, 0.29) is 6.04 Å². The van der Waals surface area contributed by atoms with Crippen LogP contribution in [-0.4, -0.2) is 24.7 Å². The zero-order chi connectivity index (χ0) is 17.1. The fraction of sp³-hybridized carbons (Fsp3) is 0.350. The molecule has 3 unspecified atom stereocenters. The molecule has 1 heterocycles. The van der Waals surface area contributed by atoms with Crippen LogP contribution in [0.25, 0.3) is 0 Å². The summed E-state index contributed by atoms with van der Waals surface area (Å²) in [4.78, 5) is 4.64. The number of rotatable bonds is 4. The molecule has 2 fully saturated rings. The van der Waals surface area contributed by atoms with Crippen molar-refractivity contribution in [3.05, 3.63) is 54.6 Å². The lowest BCUT2D eigenvalue weighted by molar-refractivity contribution is -0.0937. The highest BCUT2D eigenvalue weighted by Crippen LogP contribution is 2.39. The van der Waals surface area contributed by atoms with Gasteiger partial charge in [0.2, 0.25) is 0 Å². The van der Waals surface area contributed by atoms with Crippen LogP contribution in [0, 0.1) is 5.92 Å². The zero-order valence-corrected chi connectivity index (χ0v) is 14.1. The van der Waals surface area contributed by atoms with Gasteiger partial charge in [-0.1, -0.05) is 24.3 Å². The van der Waals surface area contributed by atoms with Crippen LogP contribution >= 0.6 is 0 Å². The number of guanidine groups is 1. The van der Waals surface area contributed by atoms with Crippen molar-refractivity contribution in [3.8, 4) is 11.5 Å². The Balaban J connectivity index is 1.39. The third-order valence-corrected chi connectivity index (χ3v) is 4.85. The van der Waals surface area contributed by atoms with Crippen LogP contribution in [0.15, 0.2) is 59.6 Å². The van der Waals surface area contributed by atoms with Gasteiger partial charge in [0.15, 0.2) is 5.96 Å². The minimum absolute atomic E-state index is 0.279. The predicted molar refractivity (Wildman–Crippen MR) is 99.1 cm³/mol. The summed E-state index contributed by atoms with van der Waals surface area (Å²) in [5.41, 5.74) is 6.96. The Hall–Kier alpha value is -2.53. The quantitative estimate of drug-likeness (QED) is 0.658. The molecule has 5 heteroatoms. The van der Waals surface area contributed by atoms with Gasteiger partial charge in [-0.05, 0) is 43.5 Å². The Bertz CT molecular complexity index is 748. The molecule has 0 radical (unpaired) electrons. The summed E-state index contributed by atoms with van der Waals surface area (Å²) in [6.45, 7) is 0.888. The monoisotopic (exact) mass is 337 g/mol. The lowest BCUT2D eigenvalue weighted by atomic mass is 9.73. The van der Waals surface area contributed by atoms with Crippen LogP contribution in [0.3, 0.4) is 0 Å². The third-order valence-electron chi connectivity index (χ3n) is 4.85. The van der Waals surface area contributed by atoms with Gasteiger partial charge in [0.1, 0.15) is 11.5 Å². The summed E-state index contributed by atoms with van der Waals surface area (Å²) >= 11 is 0. The first-order chi connectivity index (χ1) is 12.3. The third kappa shape index (κ3) is 3.77. The molecule has 1 saturated carbocycles. The second kappa shape index (κ2) is 7.15. The Labute approximate surface area is 147 Å². The summed E-state index contributed by atoms with van der Waals surface area (Å²) in [5, 5.41) is 3.17. The molecule has 1 aliphatic heterocycles. The number of nitrogens with zero attached hydrogens (tertiary/aromatic N) is 1. The average molecular weight is 337 g/mol. The van der Waals surface area contributed by atoms with Crippen molar-refractivity contribution < 1.29 is 9.47 Å². The first-order valence-electron chi connectivity index (χ1n) is 8.83. The largest absolute Gasteiger partial charge is 0.457 e. The molecule has 1 saturated heterocycles. The molecule has 25 heavy (non-hydrogen) atoms. The van der Waals surface area contributed by atoms with Gasteiger partial charge in [-0.3, -0.25) is 0 Å². The molecule has 5 nitrogen and oxygen atoms in total. The molecule has 130 valence electrons. The molecule has 2 aliphatic rings. The van der Waals surface area contributed by atoms with Crippen LogP contribution in [0.5, 0.6) is 11.5 Å². The second-order valence-electron chi connectivity index (χ2n) is 6.60. The second-order valence-corrected chi connectivity index (χ2v) is 6.60. The number of nitrogens with one attached hydrogen (secondary N) is 1. The van der Waals surface area contributed by atoms with Gasteiger partial charge >= 0.3 is 0 Å². The number of hydrogen-bond acceptors (Lipinski definition) is 3. The standard InChI is InChI=1S/C20H23N3O2/c21-20(23-18-13-19-17(18)10-5-11-24-19)22-14-6-4-9-16(12-14)25-15-7-2-1-3-8-15/h1-4,6-9,12,17-19H,5,10-11,13H2,(H3,21,22,23). The maximum Gasteiger partial charge on any atom is 0.193 e. The maximum absolute atomic E-state index is 6.10. The highest BCUT2D eigenvalue weighted by Gasteiger charge is 2.43. The first kappa shape index (κ1) is 16.0. The van der Waals surface area contributed by atoms with E-state index in [1.165, 1.54) is 6.42 Å². The van der Waals surface area contributed by atoms with Crippen molar-refractivity contribution in [2.75, 3.05) is 11.9 Å². The van der Waals surface area contributed by atoms with Gasteiger partial charge in [-0.2, -0.15) is 0 Å². The number of ether oxygens (including phenoxy) is 2. The zero-order valence-electron chi connectivity index (χ0n) is 14.1. The van der Waals surface area contributed by atoms with Crippen molar-refractivity contribution in [1.82, 2.24) is 0 Å². The van der Waals surface area contributed by atoms with Crippen LogP contribution < -0.4 is 15.8 Å². The highest BCUT2D eigenvalue weighted by molar-refractivity contribution is 5.92. The van der Waals surface area contributed by atoms with Crippen molar-refractivity contribution >= 4 is 11.6 Å². The number of para-hydroxylation sites is 1. The number of anilines is 1. The minimum Gasteiger partial charge on any atom is -0.457 e. The summed E-state index contributed by atoms with van der Waals surface area (Å²) in [5.74, 6) is 2.54. The Morgan fingerprint density at radius 3 is 2.80 bits per heavy atom. The van der Waals surface area contributed by atoms with E-state index in [2.05, 4.69) is 10.3 Å². The number of nitrogens with two attached hydrogens (primary N) is 1. The molecule has 0 spiro atoms. The smallest absolute Gasteiger partial charge is 0.193 e. The molecule has 0 bridgehead atoms. The molecular formula is C20H23N3O2. The first-order valence-corrected chi connectivity index (χ1v) is 8.83. The summed E-state index contributed by atoms with van der Waals surface area (Å²) < 4.78 is 11.6. The molecule has 3 N–H and O–H groups in total. The molecule has 2 aromatic carbocycles. The van der Waals surface area contributed by atoms with E-state index in [1.54, 1.807) is 0 Å². The fourth-order valence-electron chi connectivity index (χ4n) is 3.53. The molecule has 2 aromatic rings. The van der Waals surface area contributed by atoms with Crippen molar-refractivity contribution in [3.63, 3.8) is 0 Å². The summed E-state index contributed by atoms with van der Waals surface area (Å²) in [6.07, 6.45) is 3.67. The average Bonchev–Trinajstić information content (AvgIpc) is 2.61. The van der Waals surface area contributed by atoms with Crippen LogP contribution in [0.1, 0.15) is 19.3 Å². The fourth-order valence-corrected chi connectivity index (χ4v) is 3.53. The van der Waals surface area contributed by atoms with Crippen molar-refractivity contribution in [2.24, 2.45) is 16.6 Å². The number of aliphatic imine (C=N–C) groups is 1. The van der Waals surface area contributed by atoms with Gasteiger partial charge in [0.25, 0.3) is 0 Å². The Morgan fingerprint density at radius 2 is 1.96 bits per heavy atom. The minimum atomic E-state index is 0.279. The van der Waals surface area contributed by atoms with Crippen LogP contribution in [0.2, 0.25) is 0 Å². The Morgan fingerprint density at radius 1 is 1.12 bits per heavy atom. The molecule has 1 aliphatic carbocycles. The Kier molecular flexibility index (Phi) is 4.57. The topological polar surface area (TPSA) is 68.9 Å². The van der Waals surface area contributed by atoms with E-state index in [9.17, 15) is 0 Å². The van der Waals surface area contributed by atoms with E-state index in [1.807, 2.05) is 54.6 Å². The number of fused-ring (bicyclic) bond motifs is 1. The van der Waals surface area contributed by atoms with Crippen molar-refractivity contribution in [1.29, 1.82) is 0 Å². The van der Waals surface area contributed by atoms with Gasteiger partial charge < -0.3 is 20.5 Å². The van der Waals surface area contributed by atoms with Gasteiger partial charge in [-0.25, -0.2) is 4.99 Å². The highest BCUT2D eigenvalue weighted by atomic mass is 16.5. The lowest BCUT2D eigenvalue weighted by Gasteiger charge is -2.45. The van der Waals surface area contributed by atoms with E-state index in [4.69, 9.17) is 15.2 Å². The molecule has 0 aromatic heterocycles. The van der Waals surface area contributed by atoms with Gasteiger partial charge in [0.05, 0.1) is 12.1 Å². The summed E-state index contributed by atoms with van der Waals surface area (Å²) in [7, 11) is 0. The lowest BCUT2D eigenvalue weighted by Crippen LogP contribution is -2.49. The van der Waals surface area contributed by atoms with Crippen LogP contribution in [-0.2, 0) is 4.74 Å². The molecular weight excluding hydrogens is 314 g/mol. The van der Waals surface area contributed by atoms with E-state index < -0.39 is 0 Å². The van der Waals surface area contributed by atoms with Crippen molar-refractivity contribution in [2.45, 2.75) is 31.4 Å². The molecule has 4 rings (SSSR count). The van der Waals surface area contributed by atoms with E-state index in [0.717, 1.165) is 36.6 Å². The normalized spacial score (nSPS) is 25.6. The van der Waals surface area contributed by atoms with Crippen LogP contribution in [0.4, 0.5) is 5.69 Å². The number of hydrogen-bond donors (Lipinski definition) is 2. The maximum atomic E-state index is 6.10. The molecule has 3 atom stereocenters. The summed E-state index contributed by atoms with van der Waals surface area (Å²) in [6, 6.07) is 17.7.